The molecule has 3 aromatic rings. The van der Waals surface area contributed by atoms with E-state index in [0.717, 1.165) is 34.6 Å². The average molecular weight is 645 g/mol. The van der Waals surface area contributed by atoms with E-state index in [0.29, 0.717) is 32.2 Å². The number of fused-ring (bicyclic) bond motifs is 3. The van der Waals surface area contributed by atoms with Gasteiger partial charge in [-0.25, -0.2) is 13.4 Å². The Balaban J connectivity index is 1.56. The first-order valence-corrected chi connectivity index (χ1v) is 14.7. The summed E-state index contributed by atoms with van der Waals surface area (Å²) >= 11 is 0. The van der Waals surface area contributed by atoms with Crippen molar-refractivity contribution in [2.24, 2.45) is 0 Å². The molecule has 236 valence electrons. The number of hydrogen-bond donors (Lipinski definition) is 0. The predicted octanol–water partition coefficient (Wildman–Crippen LogP) is 4.93. The van der Waals surface area contributed by atoms with Gasteiger partial charge in [0.2, 0.25) is 0 Å². The van der Waals surface area contributed by atoms with Crippen molar-refractivity contribution in [3.8, 4) is 16.9 Å². The number of aromatic nitrogens is 1. The maximum Gasteiger partial charge on any atom is 0.573 e. The Morgan fingerprint density at radius 2 is 1.73 bits per heavy atom. The minimum absolute atomic E-state index is 0.0568. The summed E-state index contributed by atoms with van der Waals surface area (Å²) in [6.45, 7) is 1.42. The van der Waals surface area contributed by atoms with E-state index in [4.69, 9.17) is 4.74 Å². The van der Waals surface area contributed by atoms with Crippen LogP contribution in [0.1, 0.15) is 12.0 Å². The van der Waals surface area contributed by atoms with Gasteiger partial charge in [0.15, 0.2) is 5.82 Å². The molecule has 9 nitrogen and oxygen atoms in total. The maximum absolute atomic E-state index is 14.0. The molecule has 2 aliphatic heterocycles. The molecule has 0 unspecified atom stereocenters. The third-order valence-corrected chi connectivity index (χ3v) is 9.12. The molecule has 0 saturated carbocycles. The average Bonchev–Trinajstić information content (AvgIpc) is 2.97. The van der Waals surface area contributed by atoms with Gasteiger partial charge in [-0.2, -0.15) is 13.2 Å². The number of alkyl halides is 6. The second kappa shape index (κ2) is 11.8. The number of nitrogens with zero attached hydrogens (tertiary/aromatic N) is 4. The van der Waals surface area contributed by atoms with Crippen molar-refractivity contribution in [2.45, 2.75) is 29.9 Å². The van der Waals surface area contributed by atoms with Gasteiger partial charge < -0.3 is 14.4 Å². The highest BCUT2D eigenvalue weighted by Crippen LogP contribution is 2.41. The van der Waals surface area contributed by atoms with E-state index >= 15 is 0 Å². The zero-order chi connectivity index (χ0) is 31.9. The zero-order valence-corrected chi connectivity index (χ0v) is 23.9. The van der Waals surface area contributed by atoms with Crippen LogP contribution >= 0.6 is 0 Å². The quantitative estimate of drug-likeness (QED) is 0.264. The van der Waals surface area contributed by atoms with E-state index in [-0.39, 0.29) is 35.6 Å². The number of methoxy groups -OCH3 is 1. The van der Waals surface area contributed by atoms with E-state index in [1.807, 2.05) is 9.80 Å². The summed E-state index contributed by atoms with van der Waals surface area (Å²) in [6.07, 6.45) is -8.22. The molecule has 3 heterocycles. The van der Waals surface area contributed by atoms with Gasteiger partial charge in [-0.3, -0.25) is 14.0 Å². The summed E-state index contributed by atoms with van der Waals surface area (Å²) in [5, 5.41) is 0. The topological polar surface area (TPSA) is 92.3 Å². The Morgan fingerprint density at radius 1 is 0.977 bits per heavy atom. The van der Waals surface area contributed by atoms with Gasteiger partial charge >= 0.3 is 18.5 Å². The first-order chi connectivity index (χ1) is 20.7. The molecule has 16 heteroatoms. The van der Waals surface area contributed by atoms with Crippen LogP contribution in [-0.2, 0) is 25.7 Å². The van der Waals surface area contributed by atoms with E-state index in [1.165, 1.54) is 31.5 Å². The van der Waals surface area contributed by atoms with Crippen molar-refractivity contribution in [1.82, 2.24) is 9.88 Å². The Hall–Kier alpha value is -4.05. The van der Waals surface area contributed by atoms with Crippen molar-refractivity contribution in [1.29, 1.82) is 0 Å². The molecular formula is C28H26F6N4O5S. The van der Waals surface area contributed by atoms with Gasteiger partial charge in [0, 0.05) is 37.9 Å². The number of rotatable bonds is 7. The van der Waals surface area contributed by atoms with E-state index in [1.54, 1.807) is 0 Å². The Kier molecular flexibility index (Phi) is 8.41. The fraction of sp³-hybridized carbons (Fsp3) is 0.357. The molecule has 0 aliphatic carbocycles. The van der Waals surface area contributed by atoms with Crippen molar-refractivity contribution >= 4 is 27.5 Å². The largest absolute Gasteiger partial charge is 0.573 e. The molecular weight excluding hydrogens is 618 g/mol. The van der Waals surface area contributed by atoms with Crippen LogP contribution in [0.5, 0.6) is 5.75 Å². The minimum atomic E-state index is -4.93. The second-order valence-corrected chi connectivity index (χ2v) is 12.0. The Bertz CT molecular complexity index is 1650. The molecule has 0 spiro atoms. The summed E-state index contributed by atoms with van der Waals surface area (Å²) in [6, 6.07) is 9.39. The van der Waals surface area contributed by atoms with Crippen molar-refractivity contribution in [3.05, 3.63) is 66.4 Å². The molecule has 5 rings (SSSR count). The van der Waals surface area contributed by atoms with Crippen LogP contribution in [0.15, 0.2) is 65.7 Å². The number of sulfonamides is 1. The third-order valence-electron chi connectivity index (χ3n) is 7.34. The molecule has 1 fully saturated rings. The van der Waals surface area contributed by atoms with Gasteiger partial charge in [-0.15, -0.1) is 13.2 Å². The smallest absolute Gasteiger partial charge is 0.469 e. The highest BCUT2D eigenvalue weighted by molar-refractivity contribution is 7.92. The zero-order valence-electron chi connectivity index (χ0n) is 23.1. The molecule has 1 saturated heterocycles. The number of hydrogen-bond acceptors (Lipinski definition) is 8. The molecule has 0 amide bonds. The molecule has 44 heavy (non-hydrogen) atoms. The highest BCUT2D eigenvalue weighted by atomic mass is 32.2. The minimum Gasteiger partial charge on any atom is -0.469 e. The van der Waals surface area contributed by atoms with Gasteiger partial charge in [-0.1, -0.05) is 18.2 Å². The molecule has 2 aromatic carbocycles. The second-order valence-electron chi connectivity index (χ2n) is 10.2. The number of pyridine rings is 1. The number of ether oxygens (including phenoxy) is 2. The monoisotopic (exact) mass is 644 g/mol. The number of anilines is 2. The van der Waals surface area contributed by atoms with Gasteiger partial charge in [0.25, 0.3) is 10.0 Å². The van der Waals surface area contributed by atoms with E-state index < -0.39 is 50.8 Å². The SMILES string of the molecule is COC(=O)CCN1CCN2c3ncc(-c4cccc(OC(F)(F)F)c4)cc3N(S(=O)(=O)c3cccc(C(F)(F)F)c3)C[C@@H]2C1. The standard InChI is InChI=1S/C28H26F6N4O5S/c1-42-25(39)8-9-36-10-11-37-21(16-36)17-38(44(40,41)23-7-3-5-20(14-23)27(29,30)31)24-13-19(15-35-26(24)37)18-4-2-6-22(12-18)43-28(32,33)34/h2-7,12-15,21H,8-11,16-17H2,1H3/t21-/m0/s1. The lowest BCUT2D eigenvalue weighted by Gasteiger charge is -2.48. The molecule has 1 atom stereocenters. The summed E-state index contributed by atoms with van der Waals surface area (Å²) in [7, 11) is -3.31. The first kappa shape index (κ1) is 31.4. The van der Waals surface area contributed by atoms with Crippen molar-refractivity contribution < 1.29 is 49.0 Å². The van der Waals surface area contributed by atoms with Crippen LogP contribution < -0.4 is 13.9 Å². The molecule has 0 N–H and O–H groups in total. The fourth-order valence-corrected chi connectivity index (χ4v) is 6.81. The number of piperazine rings is 1. The normalized spacial score (nSPS) is 17.6. The number of carbonyl (C=O) groups is 1. The number of carbonyl (C=O) groups excluding carboxylic acids is 1. The Morgan fingerprint density at radius 3 is 2.43 bits per heavy atom. The van der Waals surface area contributed by atoms with Crippen molar-refractivity contribution in [3.63, 3.8) is 0 Å². The van der Waals surface area contributed by atoms with Gasteiger partial charge in [0.05, 0.1) is 42.3 Å². The lowest BCUT2D eigenvalue weighted by atomic mass is 10.0. The van der Waals surface area contributed by atoms with Crippen LogP contribution in [0.3, 0.4) is 0 Å². The first-order valence-electron chi connectivity index (χ1n) is 13.3. The summed E-state index contributed by atoms with van der Waals surface area (Å²) in [5.41, 5.74) is -0.581. The van der Waals surface area contributed by atoms with Crippen LogP contribution in [0, 0.1) is 0 Å². The third kappa shape index (κ3) is 6.70. The van der Waals surface area contributed by atoms with Crippen LogP contribution in [0.4, 0.5) is 37.8 Å². The summed E-state index contributed by atoms with van der Waals surface area (Å²) < 4.78 is 117. The number of esters is 1. The molecule has 1 aromatic heterocycles. The number of halogens is 6. The van der Waals surface area contributed by atoms with E-state index in [9.17, 15) is 39.6 Å². The van der Waals surface area contributed by atoms with Crippen LogP contribution in [0.25, 0.3) is 11.1 Å². The van der Waals surface area contributed by atoms with Gasteiger partial charge in [0.1, 0.15) is 5.75 Å². The maximum atomic E-state index is 14.0. The lowest BCUT2D eigenvalue weighted by Crippen LogP contribution is -2.61. The molecule has 2 aliphatic rings. The van der Waals surface area contributed by atoms with E-state index in [2.05, 4.69) is 9.72 Å². The van der Waals surface area contributed by atoms with Crippen molar-refractivity contribution in [2.75, 3.05) is 49.0 Å². The van der Waals surface area contributed by atoms with Gasteiger partial charge in [-0.05, 0) is 42.0 Å². The molecule has 0 radical (unpaired) electrons. The number of benzene rings is 2. The lowest BCUT2D eigenvalue weighted by molar-refractivity contribution is -0.274. The summed E-state index contributed by atoms with van der Waals surface area (Å²) in [4.78, 5) is 19.4. The Labute approximate surface area is 248 Å². The van der Waals surface area contributed by atoms with Crippen LogP contribution in [0.2, 0.25) is 0 Å². The summed E-state index contributed by atoms with van der Waals surface area (Å²) in [5.74, 6) is -0.658. The predicted molar refractivity (Wildman–Crippen MR) is 147 cm³/mol. The fourth-order valence-electron chi connectivity index (χ4n) is 5.27. The molecule has 0 bridgehead atoms. The highest BCUT2D eigenvalue weighted by Gasteiger charge is 2.42. The van der Waals surface area contributed by atoms with Crippen LogP contribution in [-0.4, -0.2) is 76.5 Å².